The number of hydrogen-bond donors (Lipinski definition) is 3. The van der Waals surface area contributed by atoms with Crippen LogP contribution in [0.25, 0.3) is 0 Å². The lowest BCUT2D eigenvalue weighted by molar-refractivity contribution is 0.114. The highest BCUT2D eigenvalue weighted by atomic mass is 127. The van der Waals surface area contributed by atoms with Crippen molar-refractivity contribution in [3.8, 4) is 5.75 Å². The van der Waals surface area contributed by atoms with Gasteiger partial charge in [-0.25, -0.2) is 0 Å². The summed E-state index contributed by atoms with van der Waals surface area (Å²) in [6.45, 7) is 4.39. The molecule has 128 valence electrons. The highest BCUT2D eigenvalue weighted by Gasteiger charge is 2.05. The first-order valence-corrected chi connectivity index (χ1v) is 8.72. The molecule has 0 fully saturated rings. The molecule has 0 radical (unpaired) electrons. The lowest BCUT2D eigenvalue weighted by Gasteiger charge is -2.12. The molecule has 2 aromatic carbocycles. The molecule has 1 atom stereocenters. The molecule has 0 aliphatic heterocycles. The van der Waals surface area contributed by atoms with Gasteiger partial charge in [0.2, 0.25) is 0 Å². The number of nitrogens with zero attached hydrogens (tertiary/aromatic N) is 1. The number of aryl methyl sites for hydroxylation is 2. The summed E-state index contributed by atoms with van der Waals surface area (Å²) in [5.74, 6) is 0.994. The second-order valence-corrected chi connectivity index (χ2v) is 6.89. The van der Waals surface area contributed by atoms with E-state index in [2.05, 4.69) is 39.0 Å². The van der Waals surface area contributed by atoms with E-state index in [-0.39, 0.29) is 19.1 Å². The summed E-state index contributed by atoms with van der Waals surface area (Å²) in [5, 5.41) is 13.0. The van der Waals surface area contributed by atoms with Crippen LogP contribution in [-0.2, 0) is 0 Å². The molecule has 2 rings (SSSR count). The van der Waals surface area contributed by atoms with Crippen LogP contribution >= 0.6 is 22.6 Å². The summed E-state index contributed by atoms with van der Waals surface area (Å²) in [5.41, 5.74) is 9.05. The zero-order valence-corrected chi connectivity index (χ0v) is 15.9. The molecule has 6 heteroatoms. The first-order chi connectivity index (χ1) is 11.4. The maximum Gasteiger partial charge on any atom is 0.193 e. The number of nitrogens with two attached hydrogens (primary N) is 1. The molecule has 0 heterocycles. The predicted octanol–water partition coefficient (Wildman–Crippen LogP) is 3.07. The fourth-order valence-corrected chi connectivity index (χ4v) is 2.57. The zero-order valence-electron chi connectivity index (χ0n) is 13.8. The number of benzene rings is 2. The van der Waals surface area contributed by atoms with Crippen LogP contribution in [0.3, 0.4) is 0 Å². The lowest BCUT2D eigenvalue weighted by atomic mass is 10.1. The maximum absolute atomic E-state index is 9.95. The summed E-state index contributed by atoms with van der Waals surface area (Å²) in [7, 11) is 0. The largest absolute Gasteiger partial charge is 0.491 e. The minimum Gasteiger partial charge on any atom is -0.491 e. The normalized spacial score (nSPS) is 12.8. The molecule has 0 saturated carbocycles. The van der Waals surface area contributed by atoms with Gasteiger partial charge in [-0.05, 0) is 84.0 Å². The number of hydrogen-bond acceptors (Lipinski definition) is 3. The topological polar surface area (TPSA) is 79.9 Å². The summed E-state index contributed by atoms with van der Waals surface area (Å²) in [4.78, 5) is 4.16. The second-order valence-electron chi connectivity index (χ2n) is 5.65. The Bertz CT molecular complexity index is 682. The molecular weight excluding hydrogens is 417 g/mol. The minimum absolute atomic E-state index is 0.168. The van der Waals surface area contributed by atoms with E-state index in [1.54, 1.807) is 0 Å². The quantitative estimate of drug-likeness (QED) is 0.367. The number of anilines is 1. The Balaban J connectivity index is 1.81. The van der Waals surface area contributed by atoms with Gasteiger partial charge < -0.3 is 20.9 Å². The summed E-state index contributed by atoms with van der Waals surface area (Å²) < 4.78 is 6.66. The van der Waals surface area contributed by atoms with Crippen molar-refractivity contribution in [2.45, 2.75) is 20.0 Å². The van der Waals surface area contributed by atoms with E-state index in [4.69, 9.17) is 10.5 Å². The van der Waals surface area contributed by atoms with E-state index in [0.29, 0.717) is 0 Å². The Morgan fingerprint density at radius 2 is 1.83 bits per heavy atom. The number of ether oxygens (including phenoxy) is 1. The molecule has 4 N–H and O–H groups in total. The van der Waals surface area contributed by atoms with Crippen molar-refractivity contribution < 1.29 is 9.84 Å². The van der Waals surface area contributed by atoms with Gasteiger partial charge in [-0.3, -0.25) is 4.99 Å². The third-order valence-corrected chi connectivity index (χ3v) is 3.94. The lowest BCUT2D eigenvalue weighted by Crippen LogP contribution is -2.27. The molecule has 0 amide bonds. The van der Waals surface area contributed by atoms with Crippen LogP contribution in [0.15, 0.2) is 47.5 Å². The predicted molar refractivity (Wildman–Crippen MR) is 107 cm³/mol. The average Bonchev–Trinajstić information content (AvgIpc) is 2.51. The Morgan fingerprint density at radius 3 is 2.46 bits per heavy atom. The number of nitrogens with one attached hydrogen (secondary N) is 1. The third kappa shape index (κ3) is 6.37. The van der Waals surface area contributed by atoms with Crippen LogP contribution < -0.4 is 15.8 Å². The van der Waals surface area contributed by atoms with E-state index in [1.807, 2.05) is 50.2 Å². The van der Waals surface area contributed by atoms with Crippen LogP contribution in [0.4, 0.5) is 5.69 Å². The fourth-order valence-electron chi connectivity index (χ4n) is 2.21. The average molecular weight is 439 g/mol. The highest BCUT2D eigenvalue weighted by molar-refractivity contribution is 14.1. The van der Waals surface area contributed by atoms with Crippen molar-refractivity contribution in [2.75, 3.05) is 18.5 Å². The van der Waals surface area contributed by atoms with Crippen molar-refractivity contribution in [2.24, 2.45) is 10.7 Å². The van der Waals surface area contributed by atoms with Crippen molar-refractivity contribution >= 4 is 34.2 Å². The Kier molecular flexibility index (Phi) is 6.86. The van der Waals surface area contributed by atoms with Gasteiger partial charge in [0.25, 0.3) is 0 Å². The van der Waals surface area contributed by atoms with Gasteiger partial charge in [0, 0.05) is 9.26 Å². The van der Waals surface area contributed by atoms with Crippen molar-refractivity contribution in [3.63, 3.8) is 0 Å². The number of aliphatic imine (C=N–C) groups is 1. The zero-order chi connectivity index (χ0) is 17.5. The SMILES string of the molecule is Cc1cc(C)cc(NC(N)=NCC(O)COc2ccc(I)cc2)c1. The molecule has 0 bridgehead atoms. The smallest absolute Gasteiger partial charge is 0.193 e. The number of rotatable bonds is 6. The van der Waals surface area contributed by atoms with E-state index in [0.717, 1.165) is 26.1 Å². The van der Waals surface area contributed by atoms with Gasteiger partial charge >= 0.3 is 0 Å². The maximum atomic E-state index is 9.95. The molecule has 2 aromatic rings. The molecule has 0 aliphatic carbocycles. The van der Waals surface area contributed by atoms with Gasteiger partial charge in [-0.15, -0.1) is 0 Å². The van der Waals surface area contributed by atoms with E-state index in [9.17, 15) is 5.11 Å². The molecule has 1 unspecified atom stereocenters. The monoisotopic (exact) mass is 439 g/mol. The Labute approximate surface area is 156 Å². The van der Waals surface area contributed by atoms with E-state index >= 15 is 0 Å². The van der Waals surface area contributed by atoms with Crippen LogP contribution in [-0.4, -0.2) is 30.3 Å². The summed E-state index contributed by atoms with van der Waals surface area (Å²) in [6, 6.07) is 13.7. The van der Waals surface area contributed by atoms with Gasteiger partial charge in [0.05, 0.1) is 6.54 Å². The molecule has 0 spiro atoms. The Morgan fingerprint density at radius 1 is 1.21 bits per heavy atom. The van der Waals surface area contributed by atoms with Crippen molar-refractivity contribution in [1.82, 2.24) is 0 Å². The van der Waals surface area contributed by atoms with Crippen LogP contribution in [0.2, 0.25) is 0 Å². The summed E-state index contributed by atoms with van der Waals surface area (Å²) in [6.07, 6.45) is -0.719. The van der Waals surface area contributed by atoms with E-state index < -0.39 is 6.10 Å². The van der Waals surface area contributed by atoms with Crippen LogP contribution in [0.5, 0.6) is 5.75 Å². The molecule has 0 aromatic heterocycles. The molecule has 0 aliphatic rings. The molecule has 24 heavy (non-hydrogen) atoms. The standard InChI is InChI=1S/C18H22IN3O2/c1-12-7-13(2)9-15(8-12)22-18(20)21-10-16(23)11-24-17-5-3-14(19)4-6-17/h3-9,16,23H,10-11H2,1-2H3,(H3,20,21,22). The van der Waals surface area contributed by atoms with Gasteiger partial charge in [-0.2, -0.15) is 0 Å². The van der Waals surface area contributed by atoms with Crippen LogP contribution in [0, 0.1) is 17.4 Å². The van der Waals surface area contributed by atoms with Gasteiger partial charge in [0.15, 0.2) is 5.96 Å². The molecule has 5 nitrogen and oxygen atoms in total. The number of guanidine groups is 1. The number of halogens is 1. The van der Waals surface area contributed by atoms with Crippen molar-refractivity contribution in [3.05, 3.63) is 57.2 Å². The Hall–Kier alpha value is -1.80. The first kappa shape index (κ1) is 18.5. The highest BCUT2D eigenvalue weighted by Crippen LogP contribution is 2.14. The van der Waals surface area contributed by atoms with Gasteiger partial charge in [0.1, 0.15) is 18.5 Å². The second kappa shape index (κ2) is 8.89. The minimum atomic E-state index is -0.719. The number of aliphatic hydroxyl groups excluding tert-OH is 1. The fraction of sp³-hybridized carbons (Fsp3) is 0.278. The third-order valence-electron chi connectivity index (χ3n) is 3.22. The molecular formula is C18H22IN3O2. The van der Waals surface area contributed by atoms with Crippen LogP contribution in [0.1, 0.15) is 11.1 Å². The van der Waals surface area contributed by atoms with Crippen molar-refractivity contribution in [1.29, 1.82) is 0 Å². The van der Waals surface area contributed by atoms with Gasteiger partial charge in [-0.1, -0.05) is 6.07 Å². The summed E-state index contributed by atoms with van der Waals surface area (Å²) >= 11 is 2.23. The first-order valence-electron chi connectivity index (χ1n) is 7.64. The van der Waals surface area contributed by atoms with E-state index in [1.165, 1.54) is 0 Å². The number of aliphatic hydroxyl groups is 1. The molecule has 0 saturated heterocycles.